The second kappa shape index (κ2) is 8.14. The van der Waals surface area contributed by atoms with Crippen molar-refractivity contribution in [3.05, 3.63) is 53.9 Å². The normalized spacial score (nSPS) is 23.0. The van der Waals surface area contributed by atoms with Crippen molar-refractivity contribution in [2.75, 3.05) is 6.61 Å². The second-order valence-electron chi connectivity index (χ2n) is 7.61. The summed E-state index contributed by atoms with van der Waals surface area (Å²) in [5.74, 6) is -0.187. The van der Waals surface area contributed by atoms with Gasteiger partial charge in [-0.2, -0.15) is 0 Å². The number of benzene rings is 1. The van der Waals surface area contributed by atoms with Crippen molar-refractivity contribution in [2.45, 2.75) is 50.7 Å². The first-order chi connectivity index (χ1) is 14.0. The monoisotopic (exact) mass is 398 g/mol. The molecule has 1 aromatic heterocycles. The molecule has 2 atom stereocenters. The van der Waals surface area contributed by atoms with Gasteiger partial charge in [-0.25, -0.2) is 9.37 Å². The van der Waals surface area contributed by atoms with E-state index in [1.165, 1.54) is 30.5 Å². The van der Waals surface area contributed by atoms with E-state index >= 15 is 0 Å². The number of aryl methyl sites for hydroxylation is 1. The lowest BCUT2D eigenvalue weighted by molar-refractivity contribution is -0.138. The maximum atomic E-state index is 13.0. The van der Waals surface area contributed by atoms with E-state index in [0.717, 1.165) is 18.5 Å². The fourth-order valence-electron chi connectivity index (χ4n) is 4.22. The molecule has 2 fully saturated rings. The van der Waals surface area contributed by atoms with Crippen LogP contribution in [0.2, 0.25) is 0 Å². The van der Waals surface area contributed by atoms with Crippen LogP contribution in [-0.2, 0) is 4.79 Å². The van der Waals surface area contributed by atoms with Gasteiger partial charge in [0.1, 0.15) is 17.3 Å². The Morgan fingerprint density at radius 1 is 1.14 bits per heavy atom. The molecule has 0 radical (unpaired) electrons. The molecule has 2 aliphatic heterocycles. The summed E-state index contributed by atoms with van der Waals surface area (Å²) in [7, 11) is 0. The standard InChI is InChI=1S/C21H23FN4O3/c1-13-10-24-19(11-23-13)21(28)25-15-8-16-4-5-17(9-15)26(16)20(27)12-29-18-6-2-14(22)3-7-18/h2-3,6-7,10-11,15-17H,4-5,8-9,12H2,1H3,(H,25,28). The van der Waals surface area contributed by atoms with Gasteiger partial charge < -0.3 is 15.0 Å². The van der Waals surface area contributed by atoms with Gasteiger partial charge in [-0.05, 0) is 56.9 Å². The smallest absolute Gasteiger partial charge is 0.271 e. The number of fused-ring (bicyclic) bond motifs is 2. The summed E-state index contributed by atoms with van der Waals surface area (Å²) in [5.41, 5.74) is 1.06. The minimum Gasteiger partial charge on any atom is -0.484 e. The van der Waals surface area contributed by atoms with E-state index in [0.29, 0.717) is 24.3 Å². The molecule has 2 saturated heterocycles. The number of nitrogens with one attached hydrogen (secondary N) is 1. The van der Waals surface area contributed by atoms with Crippen LogP contribution >= 0.6 is 0 Å². The number of nitrogens with zero attached hydrogens (tertiary/aromatic N) is 3. The molecule has 2 unspecified atom stereocenters. The molecular weight excluding hydrogens is 375 g/mol. The highest BCUT2D eigenvalue weighted by molar-refractivity contribution is 5.92. The second-order valence-corrected chi connectivity index (χ2v) is 7.61. The van der Waals surface area contributed by atoms with E-state index in [9.17, 15) is 14.0 Å². The highest BCUT2D eigenvalue weighted by atomic mass is 19.1. The van der Waals surface area contributed by atoms with Gasteiger partial charge in [0.25, 0.3) is 11.8 Å². The third kappa shape index (κ3) is 4.36. The molecule has 8 heteroatoms. The summed E-state index contributed by atoms with van der Waals surface area (Å²) in [6.45, 7) is 1.74. The number of rotatable bonds is 5. The van der Waals surface area contributed by atoms with Crippen LogP contribution in [0.25, 0.3) is 0 Å². The van der Waals surface area contributed by atoms with Crippen molar-refractivity contribution in [1.82, 2.24) is 20.2 Å². The number of ether oxygens (including phenoxy) is 1. The molecule has 29 heavy (non-hydrogen) atoms. The highest BCUT2D eigenvalue weighted by Gasteiger charge is 2.43. The quantitative estimate of drug-likeness (QED) is 0.835. The number of halogens is 1. The SMILES string of the molecule is Cc1cnc(C(=O)NC2CC3CCC(C2)N3C(=O)COc2ccc(F)cc2)cn1. The molecule has 3 heterocycles. The largest absolute Gasteiger partial charge is 0.484 e. The Kier molecular flexibility index (Phi) is 5.42. The molecule has 0 aliphatic carbocycles. The van der Waals surface area contributed by atoms with Crippen LogP contribution in [-0.4, -0.2) is 51.4 Å². The third-order valence-corrected chi connectivity index (χ3v) is 5.55. The molecule has 1 aromatic carbocycles. The minimum absolute atomic E-state index is 0.00479. The molecule has 2 aromatic rings. The van der Waals surface area contributed by atoms with Gasteiger partial charge in [0.05, 0.1) is 11.9 Å². The van der Waals surface area contributed by atoms with E-state index in [4.69, 9.17) is 4.74 Å². The van der Waals surface area contributed by atoms with Gasteiger partial charge in [-0.3, -0.25) is 14.6 Å². The Morgan fingerprint density at radius 3 is 2.45 bits per heavy atom. The predicted octanol–water partition coefficient (Wildman–Crippen LogP) is 2.25. The summed E-state index contributed by atoms with van der Waals surface area (Å²) in [6.07, 6.45) is 6.31. The first-order valence-electron chi connectivity index (χ1n) is 9.78. The lowest BCUT2D eigenvalue weighted by Gasteiger charge is -2.39. The van der Waals surface area contributed by atoms with E-state index in [1.54, 1.807) is 6.20 Å². The first-order valence-corrected chi connectivity index (χ1v) is 9.78. The van der Waals surface area contributed by atoms with Crippen molar-refractivity contribution >= 4 is 11.8 Å². The lowest BCUT2D eigenvalue weighted by Crippen LogP contribution is -2.53. The predicted molar refractivity (Wildman–Crippen MR) is 103 cm³/mol. The number of carbonyl (C=O) groups is 2. The number of carbonyl (C=O) groups excluding carboxylic acids is 2. The van der Waals surface area contributed by atoms with Crippen molar-refractivity contribution in [1.29, 1.82) is 0 Å². The fourth-order valence-corrected chi connectivity index (χ4v) is 4.22. The average molecular weight is 398 g/mol. The summed E-state index contributed by atoms with van der Waals surface area (Å²) in [5, 5.41) is 3.03. The van der Waals surface area contributed by atoms with Crippen LogP contribution in [0.15, 0.2) is 36.7 Å². The molecule has 2 aliphatic rings. The van der Waals surface area contributed by atoms with Crippen LogP contribution in [0, 0.1) is 12.7 Å². The fraction of sp³-hybridized carbons (Fsp3) is 0.429. The number of hydrogen-bond donors (Lipinski definition) is 1. The highest BCUT2D eigenvalue weighted by Crippen LogP contribution is 2.36. The number of hydrogen-bond acceptors (Lipinski definition) is 5. The Bertz CT molecular complexity index is 874. The topological polar surface area (TPSA) is 84.4 Å². The van der Waals surface area contributed by atoms with Crippen molar-refractivity contribution in [3.63, 3.8) is 0 Å². The van der Waals surface area contributed by atoms with Crippen molar-refractivity contribution < 1.29 is 18.7 Å². The Balaban J connectivity index is 1.32. The third-order valence-electron chi connectivity index (χ3n) is 5.55. The molecular formula is C21H23FN4O3. The summed E-state index contributed by atoms with van der Waals surface area (Å²) >= 11 is 0. The van der Waals surface area contributed by atoms with Crippen LogP contribution in [0.3, 0.4) is 0 Å². The minimum atomic E-state index is -0.345. The van der Waals surface area contributed by atoms with Gasteiger partial charge in [0.2, 0.25) is 0 Å². The zero-order valence-corrected chi connectivity index (χ0v) is 16.2. The lowest BCUT2D eigenvalue weighted by atomic mass is 9.97. The van der Waals surface area contributed by atoms with Gasteiger partial charge >= 0.3 is 0 Å². The van der Waals surface area contributed by atoms with E-state index in [2.05, 4.69) is 15.3 Å². The average Bonchev–Trinajstić information content (AvgIpc) is 2.98. The van der Waals surface area contributed by atoms with Gasteiger partial charge in [0, 0.05) is 24.3 Å². The summed E-state index contributed by atoms with van der Waals surface area (Å²) < 4.78 is 18.5. The van der Waals surface area contributed by atoms with Crippen molar-refractivity contribution in [3.8, 4) is 5.75 Å². The molecule has 0 saturated carbocycles. The van der Waals surface area contributed by atoms with Gasteiger partial charge in [0.15, 0.2) is 6.61 Å². The number of aromatic nitrogens is 2. The Hall–Kier alpha value is -3.03. The Morgan fingerprint density at radius 2 is 1.83 bits per heavy atom. The molecule has 4 rings (SSSR count). The Labute approximate surface area is 168 Å². The maximum Gasteiger partial charge on any atom is 0.271 e. The molecule has 2 bridgehead atoms. The first kappa shape index (κ1) is 19.3. The van der Waals surface area contributed by atoms with Gasteiger partial charge in [-0.1, -0.05) is 0 Å². The van der Waals surface area contributed by atoms with Crippen molar-refractivity contribution in [2.24, 2.45) is 0 Å². The number of piperidine rings is 1. The van der Waals surface area contributed by atoms with Gasteiger partial charge in [-0.15, -0.1) is 0 Å². The summed E-state index contributed by atoms with van der Waals surface area (Å²) in [4.78, 5) is 35.2. The molecule has 2 amide bonds. The molecule has 7 nitrogen and oxygen atoms in total. The van der Waals surface area contributed by atoms with Crippen LogP contribution in [0.5, 0.6) is 5.75 Å². The van der Waals surface area contributed by atoms with E-state index < -0.39 is 0 Å². The van der Waals surface area contributed by atoms with Crippen LogP contribution in [0.1, 0.15) is 41.9 Å². The molecule has 1 N–H and O–H groups in total. The van der Waals surface area contributed by atoms with E-state index in [1.807, 2.05) is 11.8 Å². The molecule has 152 valence electrons. The zero-order valence-electron chi connectivity index (χ0n) is 16.2. The molecule has 0 spiro atoms. The van der Waals surface area contributed by atoms with Crippen LogP contribution in [0.4, 0.5) is 4.39 Å². The van der Waals surface area contributed by atoms with Crippen LogP contribution < -0.4 is 10.1 Å². The van der Waals surface area contributed by atoms with E-state index in [-0.39, 0.29) is 42.4 Å². The number of amides is 2. The summed E-state index contributed by atoms with van der Waals surface area (Å²) in [6, 6.07) is 5.80. The maximum absolute atomic E-state index is 13.0. The zero-order chi connectivity index (χ0) is 20.4.